The molecule has 0 spiro atoms. The third-order valence-corrected chi connectivity index (χ3v) is 5.18. The summed E-state index contributed by atoms with van der Waals surface area (Å²) in [5.41, 5.74) is 5.04. The molecule has 0 aromatic heterocycles. The highest BCUT2D eigenvalue weighted by molar-refractivity contribution is 9.10. The van der Waals surface area contributed by atoms with Crippen molar-refractivity contribution in [3.63, 3.8) is 0 Å². The van der Waals surface area contributed by atoms with Crippen molar-refractivity contribution in [1.82, 2.24) is 9.62 Å². The minimum absolute atomic E-state index is 0.0331. The minimum atomic E-state index is -3.68. The van der Waals surface area contributed by atoms with Crippen LogP contribution in [0.15, 0.2) is 27.6 Å². The lowest BCUT2D eigenvalue weighted by Gasteiger charge is -2.13. The van der Waals surface area contributed by atoms with E-state index in [0.29, 0.717) is 4.47 Å². The number of rotatable bonds is 5. The van der Waals surface area contributed by atoms with Gasteiger partial charge in [-0.2, -0.15) is 0 Å². The molecule has 3 N–H and O–H groups in total. The second kappa shape index (κ2) is 6.33. The van der Waals surface area contributed by atoms with Gasteiger partial charge in [0.1, 0.15) is 0 Å². The highest BCUT2D eigenvalue weighted by Crippen LogP contribution is 2.25. The second-order valence-electron chi connectivity index (χ2n) is 4.08. The van der Waals surface area contributed by atoms with Gasteiger partial charge in [-0.15, -0.1) is 0 Å². The fourth-order valence-corrected chi connectivity index (χ4v) is 3.15. The van der Waals surface area contributed by atoms with Crippen molar-refractivity contribution < 1.29 is 18.0 Å². The van der Waals surface area contributed by atoms with Gasteiger partial charge in [-0.05, 0) is 34.1 Å². The molecule has 110 valence electrons. The molecule has 0 heterocycles. The first-order valence-corrected chi connectivity index (χ1v) is 7.68. The Bertz CT molecular complexity index is 643. The van der Waals surface area contributed by atoms with Crippen LogP contribution in [0.2, 0.25) is 0 Å². The van der Waals surface area contributed by atoms with Crippen LogP contribution in [-0.2, 0) is 14.8 Å². The molecule has 0 aliphatic rings. The van der Waals surface area contributed by atoms with Crippen molar-refractivity contribution >= 4 is 37.8 Å². The van der Waals surface area contributed by atoms with Crippen molar-refractivity contribution in [2.45, 2.75) is 4.90 Å². The summed E-state index contributed by atoms with van der Waals surface area (Å²) in [4.78, 5) is 22.3. The average Bonchev–Trinajstić information content (AvgIpc) is 2.35. The standard InChI is InChI=1S/C11H14BrN3O4S/c1-15(2)20(18,19)9-5-7(3-4-8(9)12)11(17)14-6-10(13)16/h3-5H,6H2,1-2H3,(H2,13,16)(H,14,17). The molecule has 0 aliphatic heterocycles. The molecule has 0 atom stereocenters. The molecule has 0 saturated carbocycles. The third kappa shape index (κ3) is 3.78. The highest BCUT2D eigenvalue weighted by atomic mass is 79.9. The van der Waals surface area contributed by atoms with Crippen molar-refractivity contribution in [1.29, 1.82) is 0 Å². The van der Waals surface area contributed by atoms with Crippen molar-refractivity contribution in [2.24, 2.45) is 5.73 Å². The van der Waals surface area contributed by atoms with Crippen LogP contribution in [-0.4, -0.2) is 45.2 Å². The Morgan fingerprint density at radius 3 is 2.45 bits per heavy atom. The number of nitrogens with two attached hydrogens (primary N) is 1. The van der Waals surface area contributed by atoms with E-state index < -0.39 is 21.8 Å². The zero-order valence-corrected chi connectivity index (χ0v) is 13.3. The first-order valence-electron chi connectivity index (χ1n) is 5.45. The molecule has 9 heteroatoms. The maximum atomic E-state index is 12.1. The lowest BCUT2D eigenvalue weighted by molar-refractivity contribution is -0.117. The Kier molecular flexibility index (Phi) is 5.26. The van der Waals surface area contributed by atoms with Gasteiger partial charge in [-0.3, -0.25) is 9.59 Å². The number of carbonyl (C=O) groups excluding carboxylic acids is 2. The van der Waals surface area contributed by atoms with Crippen molar-refractivity contribution in [3.8, 4) is 0 Å². The number of halogens is 1. The Hall–Kier alpha value is -1.45. The smallest absolute Gasteiger partial charge is 0.251 e. The van der Waals surface area contributed by atoms with Gasteiger partial charge in [0.2, 0.25) is 15.9 Å². The van der Waals surface area contributed by atoms with Gasteiger partial charge >= 0.3 is 0 Å². The largest absolute Gasteiger partial charge is 0.368 e. The average molecular weight is 364 g/mol. The summed E-state index contributed by atoms with van der Waals surface area (Å²) < 4.78 is 25.6. The van der Waals surface area contributed by atoms with Crippen LogP contribution in [0.1, 0.15) is 10.4 Å². The lowest BCUT2D eigenvalue weighted by Crippen LogP contribution is -2.33. The zero-order chi connectivity index (χ0) is 15.5. The summed E-state index contributed by atoms with van der Waals surface area (Å²) >= 11 is 3.13. The number of primary amides is 1. The lowest BCUT2D eigenvalue weighted by atomic mass is 10.2. The van der Waals surface area contributed by atoms with Gasteiger partial charge in [0.25, 0.3) is 5.91 Å². The van der Waals surface area contributed by atoms with Crippen molar-refractivity contribution in [2.75, 3.05) is 20.6 Å². The van der Waals surface area contributed by atoms with E-state index in [1.807, 2.05) is 0 Å². The first-order chi connectivity index (χ1) is 9.16. The molecule has 1 rings (SSSR count). The number of hydrogen-bond donors (Lipinski definition) is 2. The molecule has 0 aliphatic carbocycles. The van der Waals surface area contributed by atoms with E-state index in [-0.39, 0.29) is 17.0 Å². The van der Waals surface area contributed by atoms with E-state index in [4.69, 9.17) is 5.73 Å². The highest BCUT2D eigenvalue weighted by Gasteiger charge is 2.22. The van der Waals surface area contributed by atoms with Gasteiger partial charge in [-0.1, -0.05) is 0 Å². The fourth-order valence-electron chi connectivity index (χ4n) is 1.31. The van der Waals surface area contributed by atoms with E-state index >= 15 is 0 Å². The molecule has 0 unspecified atom stereocenters. The number of nitrogens with zero attached hydrogens (tertiary/aromatic N) is 1. The van der Waals surface area contributed by atoms with Crippen LogP contribution < -0.4 is 11.1 Å². The van der Waals surface area contributed by atoms with Crippen molar-refractivity contribution in [3.05, 3.63) is 28.2 Å². The molecule has 20 heavy (non-hydrogen) atoms. The van der Waals surface area contributed by atoms with Gasteiger partial charge in [0, 0.05) is 24.1 Å². The molecular formula is C11H14BrN3O4S. The summed E-state index contributed by atoms with van der Waals surface area (Å²) in [5.74, 6) is -1.26. The van der Waals surface area contributed by atoms with E-state index in [0.717, 1.165) is 4.31 Å². The van der Waals surface area contributed by atoms with Crippen LogP contribution in [0.5, 0.6) is 0 Å². The van der Waals surface area contributed by atoms with E-state index in [9.17, 15) is 18.0 Å². The van der Waals surface area contributed by atoms with Gasteiger partial charge in [0.05, 0.1) is 11.4 Å². The third-order valence-electron chi connectivity index (χ3n) is 2.38. The maximum absolute atomic E-state index is 12.1. The molecule has 0 bridgehead atoms. The molecule has 2 amide bonds. The van der Waals surface area contributed by atoms with E-state index in [1.165, 1.54) is 32.3 Å². The zero-order valence-electron chi connectivity index (χ0n) is 10.9. The summed E-state index contributed by atoms with van der Waals surface area (Å²) in [6, 6.07) is 4.13. The Balaban J connectivity index is 3.16. The fraction of sp³-hybridized carbons (Fsp3) is 0.273. The van der Waals surface area contributed by atoms with Crippen LogP contribution in [0.4, 0.5) is 0 Å². The predicted molar refractivity (Wildman–Crippen MR) is 76.5 cm³/mol. The van der Waals surface area contributed by atoms with Gasteiger partial charge in [-0.25, -0.2) is 12.7 Å². The van der Waals surface area contributed by atoms with E-state index in [1.54, 1.807) is 0 Å². The number of benzene rings is 1. The summed E-state index contributed by atoms with van der Waals surface area (Å²) in [6.07, 6.45) is 0. The number of sulfonamides is 1. The number of carbonyl (C=O) groups is 2. The molecule has 0 fully saturated rings. The molecule has 1 aromatic rings. The minimum Gasteiger partial charge on any atom is -0.368 e. The van der Waals surface area contributed by atoms with Crippen LogP contribution in [0.25, 0.3) is 0 Å². The number of nitrogens with one attached hydrogen (secondary N) is 1. The predicted octanol–water partition coefficient (Wildman–Crippen LogP) is -0.0855. The Labute approximate surface area is 125 Å². The second-order valence-corrected chi connectivity index (χ2v) is 7.06. The van der Waals surface area contributed by atoms with Gasteiger partial charge < -0.3 is 11.1 Å². The maximum Gasteiger partial charge on any atom is 0.251 e. The molecule has 1 aromatic carbocycles. The Morgan fingerprint density at radius 2 is 1.95 bits per heavy atom. The van der Waals surface area contributed by atoms with Crippen LogP contribution in [0, 0.1) is 0 Å². The number of amides is 2. The first kappa shape index (κ1) is 16.6. The van der Waals surface area contributed by atoms with Crippen LogP contribution >= 0.6 is 15.9 Å². The summed E-state index contributed by atoms with van der Waals surface area (Å²) in [5, 5.41) is 2.29. The summed E-state index contributed by atoms with van der Waals surface area (Å²) in [6.45, 7) is -0.315. The normalized spacial score (nSPS) is 11.4. The monoisotopic (exact) mass is 363 g/mol. The quantitative estimate of drug-likeness (QED) is 0.761. The molecule has 0 saturated heterocycles. The number of hydrogen-bond acceptors (Lipinski definition) is 4. The van der Waals surface area contributed by atoms with Crippen LogP contribution in [0.3, 0.4) is 0 Å². The van der Waals surface area contributed by atoms with E-state index in [2.05, 4.69) is 21.2 Å². The topological polar surface area (TPSA) is 110 Å². The molecular weight excluding hydrogens is 350 g/mol. The molecule has 0 radical (unpaired) electrons. The molecule has 7 nitrogen and oxygen atoms in total. The SMILES string of the molecule is CN(C)S(=O)(=O)c1cc(C(=O)NCC(N)=O)ccc1Br. The summed E-state index contributed by atoms with van der Waals surface area (Å²) in [7, 11) is -0.899. The Morgan fingerprint density at radius 1 is 1.35 bits per heavy atom. The van der Waals surface area contributed by atoms with Gasteiger partial charge in [0.15, 0.2) is 0 Å².